The van der Waals surface area contributed by atoms with Crippen LogP contribution in [0.15, 0.2) is 23.1 Å². The van der Waals surface area contributed by atoms with Crippen LogP contribution in [0.5, 0.6) is 0 Å². The quantitative estimate of drug-likeness (QED) is 0.637. The second kappa shape index (κ2) is 2.80. The second-order valence-corrected chi connectivity index (χ2v) is 3.37. The van der Waals surface area contributed by atoms with E-state index in [4.69, 9.17) is 5.14 Å². The topological polar surface area (TPSA) is 55.1 Å². The smallest absolute Gasteiger partial charge is 0.228 e. The predicted molar refractivity (Wildman–Crippen MR) is 48.8 cm³/mol. The molecule has 0 fully saturated rings. The van der Waals surface area contributed by atoms with Gasteiger partial charge in [0.05, 0.1) is 6.42 Å². The highest BCUT2D eigenvalue weighted by Crippen LogP contribution is 2.26. The van der Waals surface area contributed by atoms with Gasteiger partial charge in [0.15, 0.2) is 0 Å². The largest absolute Gasteiger partial charge is 0.326 e. The summed E-state index contributed by atoms with van der Waals surface area (Å²) in [6.45, 7) is 0. The number of rotatable bonds is 1. The number of carbonyl (C=O) groups excluding carboxylic acids is 1. The third-order valence-corrected chi connectivity index (χ3v) is 2.36. The molecule has 3 N–H and O–H groups in total. The third-order valence-electron chi connectivity index (χ3n) is 1.84. The molecule has 2 rings (SSSR count). The molecule has 1 aromatic rings. The molecule has 1 aliphatic heterocycles. The lowest BCUT2D eigenvalue weighted by Crippen LogP contribution is -2.03. The molecule has 3 nitrogen and oxygen atoms in total. The molecule has 0 unspecified atom stereocenters. The van der Waals surface area contributed by atoms with E-state index >= 15 is 0 Å². The molecule has 0 spiro atoms. The molecule has 1 amide bonds. The number of hydrogen-bond acceptors (Lipinski definition) is 3. The van der Waals surface area contributed by atoms with E-state index in [2.05, 4.69) is 5.32 Å². The predicted octanol–water partition coefficient (Wildman–Crippen LogP) is 1.15. The first-order valence-electron chi connectivity index (χ1n) is 3.59. The Labute approximate surface area is 74.5 Å². The van der Waals surface area contributed by atoms with Crippen LogP contribution in [0.2, 0.25) is 0 Å². The normalized spacial score (nSPS) is 14.2. The number of amides is 1. The summed E-state index contributed by atoms with van der Waals surface area (Å²) in [6, 6.07) is 5.72. The first-order chi connectivity index (χ1) is 5.79. The molecule has 1 heterocycles. The zero-order chi connectivity index (χ0) is 8.55. The molecule has 0 saturated heterocycles. The van der Waals surface area contributed by atoms with Gasteiger partial charge in [-0.05, 0) is 35.7 Å². The van der Waals surface area contributed by atoms with E-state index in [9.17, 15) is 4.79 Å². The summed E-state index contributed by atoms with van der Waals surface area (Å²) in [5.74, 6) is 0.0594. The lowest BCUT2D eigenvalue weighted by Gasteiger charge is -1.99. The van der Waals surface area contributed by atoms with E-state index in [-0.39, 0.29) is 5.91 Å². The second-order valence-electron chi connectivity index (χ2n) is 2.66. The zero-order valence-corrected chi connectivity index (χ0v) is 7.15. The minimum atomic E-state index is 0.0594. The molecule has 0 saturated carbocycles. The number of anilines is 1. The Morgan fingerprint density at radius 3 is 3.08 bits per heavy atom. The van der Waals surface area contributed by atoms with E-state index in [1.54, 1.807) is 0 Å². The van der Waals surface area contributed by atoms with Crippen molar-refractivity contribution in [1.82, 2.24) is 0 Å². The maximum absolute atomic E-state index is 11.0. The maximum atomic E-state index is 11.0. The summed E-state index contributed by atoms with van der Waals surface area (Å²) in [6.07, 6.45) is 0.476. The van der Waals surface area contributed by atoms with E-state index in [0.29, 0.717) is 6.42 Å². The van der Waals surface area contributed by atoms with Crippen LogP contribution in [-0.4, -0.2) is 5.91 Å². The van der Waals surface area contributed by atoms with Gasteiger partial charge in [-0.15, -0.1) is 0 Å². The number of benzene rings is 1. The van der Waals surface area contributed by atoms with Crippen LogP contribution in [0, 0.1) is 0 Å². The first kappa shape index (κ1) is 7.64. The van der Waals surface area contributed by atoms with Gasteiger partial charge in [-0.3, -0.25) is 9.93 Å². The van der Waals surface area contributed by atoms with Crippen molar-refractivity contribution in [2.24, 2.45) is 5.14 Å². The summed E-state index contributed by atoms with van der Waals surface area (Å²) in [5, 5.41) is 8.15. The SMILES string of the molecule is NSc1ccc2c(c1)CC(=O)N2. The Balaban J connectivity index is 2.41. The number of carbonyl (C=O) groups is 1. The van der Waals surface area contributed by atoms with Gasteiger partial charge < -0.3 is 5.32 Å². The maximum Gasteiger partial charge on any atom is 0.228 e. The van der Waals surface area contributed by atoms with Gasteiger partial charge >= 0.3 is 0 Å². The molecular weight excluding hydrogens is 172 g/mol. The van der Waals surface area contributed by atoms with Crippen molar-refractivity contribution in [1.29, 1.82) is 0 Å². The summed E-state index contributed by atoms with van der Waals surface area (Å²) in [7, 11) is 0. The lowest BCUT2D eigenvalue weighted by atomic mass is 10.2. The van der Waals surface area contributed by atoms with Crippen LogP contribution in [0.4, 0.5) is 5.69 Å². The summed E-state index contributed by atoms with van der Waals surface area (Å²) >= 11 is 1.20. The molecule has 0 radical (unpaired) electrons. The minimum Gasteiger partial charge on any atom is -0.326 e. The van der Waals surface area contributed by atoms with Crippen molar-refractivity contribution in [2.75, 3.05) is 5.32 Å². The Morgan fingerprint density at radius 1 is 1.50 bits per heavy atom. The molecule has 1 aromatic carbocycles. The monoisotopic (exact) mass is 180 g/mol. The number of fused-ring (bicyclic) bond motifs is 1. The van der Waals surface area contributed by atoms with Gasteiger partial charge in [-0.25, -0.2) is 0 Å². The summed E-state index contributed by atoms with van der Waals surface area (Å²) < 4.78 is 0. The fourth-order valence-electron chi connectivity index (χ4n) is 1.28. The highest BCUT2D eigenvalue weighted by Gasteiger charge is 2.16. The van der Waals surface area contributed by atoms with E-state index in [0.717, 1.165) is 16.1 Å². The average Bonchev–Trinajstić information content (AvgIpc) is 2.43. The van der Waals surface area contributed by atoms with Crippen molar-refractivity contribution < 1.29 is 4.79 Å². The van der Waals surface area contributed by atoms with Gasteiger partial charge in [-0.1, -0.05) is 0 Å². The van der Waals surface area contributed by atoms with Gasteiger partial charge in [0.25, 0.3) is 0 Å². The molecule has 62 valence electrons. The van der Waals surface area contributed by atoms with E-state index in [1.807, 2.05) is 18.2 Å². The minimum absolute atomic E-state index is 0.0594. The van der Waals surface area contributed by atoms with Crippen LogP contribution in [0.1, 0.15) is 5.56 Å². The third kappa shape index (κ3) is 1.19. The molecule has 4 heteroatoms. The fourth-order valence-corrected chi connectivity index (χ4v) is 1.64. The number of nitrogens with one attached hydrogen (secondary N) is 1. The summed E-state index contributed by atoms with van der Waals surface area (Å²) in [5.41, 5.74) is 1.95. The van der Waals surface area contributed by atoms with E-state index < -0.39 is 0 Å². The Bertz CT molecular complexity index is 338. The molecule has 1 aliphatic rings. The molecule has 0 atom stereocenters. The Morgan fingerprint density at radius 2 is 2.33 bits per heavy atom. The molecule has 0 aliphatic carbocycles. The standard InChI is InChI=1S/C8H8N2OS/c9-12-6-1-2-7-5(3-6)4-8(11)10-7/h1-3H,4,9H2,(H,10,11). The molecule has 0 aromatic heterocycles. The van der Waals surface area contributed by atoms with Gasteiger partial charge in [-0.2, -0.15) is 0 Å². The average molecular weight is 180 g/mol. The van der Waals surface area contributed by atoms with Crippen molar-refractivity contribution in [3.05, 3.63) is 23.8 Å². The molecular formula is C8H8N2OS. The summed E-state index contributed by atoms with van der Waals surface area (Å²) in [4.78, 5) is 11.9. The van der Waals surface area contributed by atoms with Gasteiger partial charge in [0.1, 0.15) is 0 Å². The zero-order valence-electron chi connectivity index (χ0n) is 6.33. The van der Waals surface area contributed by atoms with Crippen molar-refractivity contribution in [3.63, 3.8) is 0 Å². The Hall–Kier alpha value is -1.00. The first-order valence-corrected chi connectivity index (χ1v) is 4.47. The van der Waals surface area contributed by atoms with Crippen molar-refractivity contribution >= 4 is 23.5 Å². The van der Waals surface area contributed by atoms with Crippen LogP contribution in [0.25, 0.3) is 0 Å². The van der Waals surface area contributed by atoms with Gasteiger partial charge in [0.2, 0.25) is 5.91 Å². The van der Waals surface area contributed by atoms with E-state index in [1.165, 1.54) is 11.9 Å². The number of hydrogen-bond donors (Lipinski definition) is 2. The van der Waals surface area contributed by atoms with Crippen LogP contribution >= 0.6 is 11.9 Å². The van der Waals surface area contributed by atoms with Crippen molar-refractivity contribution in [2.45, 2.75) is 11.3 Å². The van der Waals surface area contributed by atoms with Crippen molar-refractivity contribution in [3.8, 4) is 0 Å². The van der Waals surface area contributed by atoms with Crippen LogP contribution < -0.4 is 10.5 Å². The lowest BCUT2D eigenvalue weighted by molar-refractivity contribution is -0.115. The molecule has 0 bridgehead atoms. The van der Waals surface area contributed by atoms with Gasteiger partial charge in [0, 0.05) is 10.6 Å². The Kier molecular flexibility index (Phi) is 1.78. The molecule has 12 heavy (non-hydrogen) atoms. The fraction of sp³-hybridized carbons (Fsp3) is 0.125. The highest BCUT2D eigenvalue weighted by atomic mass is 32.2. The number of nitrogens with two attached hydrogens (primary N) is 1. The van der Waals surface area contributed by atoms with Crippen LogP contribution in [-0.2, 0) is 11.2 Å². The van der Waals surface area contributed by atoms with Crippen LogP contribution in [0.3, 0.4) is 0 Å². The highest BCUT2D eigenvalue weighted by molar-refractivity contribution is 7.97.